The summed E-state index contributed by atoms with van der Waals surface area (Å²) in [5, 5.41) is 39.9. The van der Waals surface area contributed by atoms with Gasteiger partial charge in [-0.2, -0.15) is 0 Å². The normalized spacial score (nSPS) is 13.7. The van der Waals surface area contributed by atoms with Crippen molar-refractivity contribution in [2.75, 3.05) is 18.9 Å². The molecule has 3 atom stereocenters. The van der Waals surface area contributed by atoms with E-state index in [1.54, 1.807) is 12.3 Å². The van der Waals surface area contributed by atoms with Crippen molar-refractivity contribution in [2.45, 2.75) is 88.8 Å². The third-order valence-corrected chi connectivity index (χ3v) is 7.16. The summed E-state index contributed by atoms with van der Waals surface area (Å²) < 4.78 is 6.01. The molecular formula is C31H45N3O5. The van der Waals surface area contributed by atoms with Gasteiger partial charge >= 0.3 is 0 Å². The predicted octanol–water partition coefficient (Wildman–Crippen LogP) is 4.87. The minimum Gasteiger partial charge on any atom is -0.504 e. The summed E-state index contributed by atoms with van der Waals surface area (Å²) in [6.07, 6.45) is 11.1. The molecule has 0 aliphatic carbocycles. The topological polar surface area (TPSA) is 145 Å². The number of unbranched alkanes of at least 4 members (excludes halogenated alkanes) is 4. The number of phenols is 1. The molecule has 1 aromatic carbocycles. The highest BCUT2D eigenvalue weighted by molar-refractivity contribution is 5.42. The third kappa shape index (κ3) is 11.3. The van der Waals surface area contributed by atoms with E-state index < -0.39 is 12.2 Å². The highest BCUT2D eigenvalue weighted by atomic mass is 16.5. The van der Waals surface area contributed by atoms with Gasteiger partial charge in [-0.3, -0.25) is 0 Å². The monoisotopic (exact) mass is 539 g/mol. The van der Waals surface area contributed by atoms with E-state index >= 15 is 0 Å². The fourth-order valence-corrected chi connectivity index (χ4v) is 4.91. The van der Waals surface area contributed by atoms with Crippen LogP contribution >= 0.6 is 0 Å². The number of aliphatic hydroxyl groups excluding tert-OH is 3. The summed E-state index contributed by atoms with van der Waals surface area (Å²) in [5.41, 5.74) is 9.11. The quantitative estimate of drug-likeness (QED) is 0.119. The highest BCUT2D eigenvalue weighted by Crippen LogP contribution is 2.30. The number of pyridine rings is 1. The van der Waals surface area contributed by atoms with Gasteiger partial charge in [-0.1, -0.05) is 31.7 Å². The fraction of sp³-hybridized carbons (Fsp3) is 0.516. The molecule has 3 rings (SSSR count). The van der Waals surface area contributed by atoms with E-state index in [1.165, 1.54) is 0 Å². The first-order valence-corrected chi connectivity index (χ1v) is 14.2. The van der Waals surface area contributed by atoms with Crippen molar-refractivity contribution in [2.24, 2.45) is 0 Å². The maximum atomic E-state index is 10.4. The van der Waals surface area contributed by atoms with Crippen LogP contribution in [0.25, 0.3) is 0 Å². The average Bonchev–Trinajstić information content (AvgIpc) is 3.43. The first-order chi connectivity index (χ1) is 18.9. The van der Waals surface area contributed by atoms with Gasteiger partial charge in [0.15, 0.2) is 11.5 Å². The Kier molecular flexibility index (Phi) is 13.1. The Labute approximate surface area is 231 Å². The van der Waals surface area contributed by atoms with Crippen LogP contribution in [0.4, 0.5) is 5.82 Å². The van der Waals surface area contributed by atoms with Crippen molar-refractivity contribution >= 4 is 5.82 Å². The van der Waals surface area contributed by atoms with E-state index in [-0.39, 0.29) is 18.3 Å². The number of ether oxygens (including phenoxy) is 1. The summed E-state index contributed by atoms with van der Waals surface area (Å²) in [7, 11) is 0. The van der Waals surface area contributed by atoms with Gasteiger partial charge in [-0.25, -0.2) is 4.98 Å². The molecule has 0 spiro atoms. The lowest BCUT2D eigenvalue weighted by Crippen LogP contribution is -2.18. The number of phenolic OH excluding ortho intramolecular Hbond substituents is 1. The first-order valence-electron chi connectivity index (χ1n) is 14.2. The number of nitrogens with one attached hydrogen (secondary N) is 1. The number of benzene rings is 1. The number of rotatable bonds is 19. The smallest absolute Gasteiger partial charge is 0.161 e. The molecule has 0 bridgehead atoms. The number of aromatic hydroxyl groups is 1. The van der Waals surface area contributed by atoms with Crippen LogP contribution in [-0.4, -0.2) is 55.8 Å². The summed E-state index contributed by atoms with van der Waals surface area (Å²) in [6, 6.07) is 13.2. The van der Waals surface area contributed by atoms with Gasteiger partial charge in [0.05, 0.1) is 18.8 Å². The molecule has 2 heterocycles. The van der Waals surface area contributed by atoms with E-state index in [0.717, 1.165) is 61.8 Å². The SMILES string of the molecule is Nc1cc([C@H](CCOc2cc(CC[C@@H](O)C[C@@H](O)CCCCCCCO)ccc2O)Cc2ccc[nH]2)ccn1. The summed E-state index contributed by atoms with van der Waals surface area (Å²) in [6.45, 7) is 0.653. The van der Waals surface area contributed by atoms with Gasteiger partial charge in [-0.15, -0.1) is 0 Å². The van der Waals surface area contributed by atoms with Crippen molar-refractivity contribution in [3.05, 3.63) is 71.7 Å². The lowest BCUT2D eigenvalue weighted by Gasteiger charge is -2.18. The summed E-state index contributed by atoms with van der Waals surface area (Å²) in [4.78, 5) is 7.37. The number of nitrogens with two attached hydrogens (primary N) is 1. The summed E-state index contributed by atoms with van der Waals surface area (Å²) in [5.74, 6) is 1.17. The Morgan fingerprint density at radius 3 is 2.49 bits per heavy atom. The first kappa shape index (κ1) is 30.5. The van der Waals surface area contributed by atoms with Crippen LogP contribution in [0.15, 0.2) is 54.9 Å². The molecule has 0 fully saturated rings. The van der Waals surface area contributed by atoms with Crippen molar-refractivity contribution in [1.29, 1.82) is 0 Å². The fourth-order valence-electron chi connectivity index (χ4n) is 4.91. The van der Waals surface area contributed by atoms with Crippen LogP contribution in [-0.2, 0) is 12.8 Å². The van der Waals surface area contributed by atoms with E-state index in [0.29, 0.717) is 43.9 Å². The number of H-pyrrole nitrogens is 1. The van der Waals surface area contributed by atoms with E-state index in [2.05, 4.69) is 16.0 Å². The van der Waals surface area contributed by atoms with E-state index in [1.807, 2.05) is 36.5 Å². The zero-order valence-corrected chi connectivity index (χ0v) is 22.8. The zero-order chi connectivity index (χ0) is 27.9. The van der Waals surface area contributed by atoms with Gasteiger partial charge in [0, 0.05) is 24.7 Å². The molecule has 0 saturated heterocycles. The molecule has 0 aliphatic rings. The molecule has 0 unspecified atom stereocenters. The van der Waals surface area contributed by atoms with E-state index in [9.17, 15) is 15.3 Å². The van der Waals surface area contributed by atoms with Gasteiger partial charge in [0.1, 0.15) is 5.82 Å². The number of anilines is 1. The zero-order valence-electron chi connectivity index (χ0n) is 22.8. The molecule has 0 radical (unpaired) electrons. The number of nitrogens with zero attached hydrogens (tertiary/aromatic N) is 1. The molecule has 214 valence electrons. The van der Waals surface area contributed by atoms with Crippen molar-refractivity contribution in [3.8, 4) is 11.5 Å². The molecule has 8 heteroatoms. The number of hydrogen-bond acceptors (Lipinski definition) is 7. The lowest BCUT2D eigenvalue weighted by atomic mass is 9.92. The van der Waals surface area contributed by atoms with Crippen molar-refractivity contribution < 1.29 is 25.2 Å². The molecule has 7 N–H and O–H groups in total. The van der Waals surface area contributed by atoms with Crippen LogP contribution in [0.2, 0.25) is 0 Å². The Morgan fingerprint density at radius 1 is 0.923 bits per heavy atom. The Hall–Kier alpha value is -3.07. The Balaban J connectivity index is 1.46. The Morgan fingerprint density at radius 2 is 1.72 bits per heavy atom. The standard InChI is InChI=1S/C31H45N3O5/c32-31-21-24(13-16-34-31)25(20-26-7-6-15-33-26)14-18-39-30-19-23(10-12-29(30)38)9-11-28(37)22-27(36)8-4-2-1-3-5-17-35/h6-7,10,12-13,15-16,19,21,25,27-28,33,35-38H,1-5,8-9,11,14,17-18,20,22H2,(H2,32,34)/t25-,27+,28-/m1/s1. The van der Waals surface area contributed by atoms with Crippen LogP contribution in [0.5, 0.6) is 11.5 Å². The average molecular weight is 540 g/mol. The number of hydrogen-bond donors (Lipinski definition) is 6. The molecule has 0 saturated carbocycles. The van der Waals surface area contributed by atoms with Crippen LogP contribution < -0.4 is 10.5 Å². The number of nitrogen functional groups attached to an aromatic ring is 1. The number of aliphatic hydroxyl groups is 3. The molecular weight excluding hydrogens is 494 g/mol. The van der Waals surface area contributed by atoms with Gasteiger partial charge in [0.25, 0.3) is 0 Å². The van der Waals surface area contributed by atoms with Gasteiger partial charge in [-0.05, 0) is 98.4 Å². The van der Waals surface area contributed by atoms with Crippen LogP contribution in [0.3, 0.4) is 0 Å². The third-order valence-electron chi connectivity index (χ3n) is 7.16. The van der Waals surface area contributed by atoms with E-state index in [4.69, 9.17) is 15.6 Å². The van der Waals surface area contributed by atoms with Gasteiger partial charge < -0.3 is 35.9 Å². The predicted molar refractivity (Wildman–Crippen MR) is 154 cm³/mol. The largest absolute Gasteiger partial charge is 0.504 e. The summed E-state index contributed by atoms with van der Waals surface area (Å²) >= 11 is 0. The molecule has 3 aromatic rings. The van der Waals surface area contributed by atoms with Crippen LogP contribution in [0, 0.1) is 0 Å². The van der Waals surface area contributed by atoms with Gasteiger partial charge in [0.2, 0.25) is 0 Å². The lowest BCUT2D eigenvalue weighted by molar-refractivity contribution is 0.0697. The second-order valence-corrected chi connectivity index (χ2v) is 10.4. The second-order valence-electron chi connectivity index (χ2n) is 10.4. The number of aryl methyl sites for hydroxylation is 1. The second kappa shape index (κ2) is 16.8. The minimum absolute atomic E-state index is 0.0859. The molecule has 2 aromatic heterocycles. The van der Waals surface area contributed by atoms with Crippen LogP contribution in [0.1, 0.15) is 80.5 Å². The molecule has 8 nitrogen and oxygen atoms in total. The van der Waals surface area contributed by atoms with Crippen molar-refractivity contribution in [1.82, 2.24) is 9.97 Å². The van der Waals surface area contributed by atoms with Crippen molar-refractivity contribution in [3.63, 3.8) is 0 Å². The minimum atomic E-state index is -0.589. The Bertz CT molecular complexity index is 1080. The number of aromatic amines is 1. The number of aromatic nitrogens is 2. The maximum Gasteiger partial charge on any atom is 0.161 e. The molecule has 0 amide bonds. The highest BCUT2D eigenvalue weighted by Gasteiger charge is 2.16. The molecule has 0 aliphatic heterocycles. The maximum absolute atomic E-state index is 10.4. The molecule has 39 heavy (non-hydrogen) atoms.